The fraction of sp³-hybridized carbons (Fsp3) is 0.688. The van der Waals surface area contributed by atoms with Crippen LogP contribution in [0, 0.1) is 11.8 Å². The zero-order valence-electron chi connectivity index (χ0n) is 11.7. The highest BCUT2D eigenvalue weighted by Gasteiger charge is 2.39. The Balaban J connectivity index is 1.67. The van der Waals surface area contributed by atoms with Crippen molar-refractivity contribution in [2.24, 2.45) is 11.8 Å². The number of hydrogen-bond donors (Lipinski definition) is 1. The molecule has 0 amide bonds. The topological polar surface area (TPSA) is 24.9 Å². The predicted molar refractivity (Wildman–Crippen MR) is 75.8 cm³/mol. The molecule has 2 aliphatic rings. The first-order valence-corrected chi connectivity index (χ1v) is 7.25. The van der Waals surface area contributed by atoms with Crippen LogP contribution in [0.4, 0.5) is 5.82 Å². The maximum atomic E-state index is 4.58. The average molecular weight is 244 g/mol. The second-order valence-corrected chi connectivity index (χ2v) is 7.11. The number of nitrogens with zero attached hydrogens (tertiary/aromatic N) is 1. The first-order chi connectivity index (χ1) is 8.52. The third kappa shape index (κ3) is 2.25. The number of pyridine rings is 1. The summed E-state index contributed by atoms with van der Waals surface area (Å²) in [5.41, 5.74) is 1.50. The van der Waals surface area contributed by atoms with Gasteiger partial charge in [0.05, 0.1) is 0 Å². The quantitative estimate of drug-likeness (QED) is 0.851. The minimum atomic E-state index is 0.192. The number of hydrogen-bond acceptors (Lipinski definition) is 2. The number of aromatic nitrogens is 1. The van der Waals surface area contributed by atoms with Gasteiger partial charge in [-0.3, -0.25) is 0 Å². The Morgan fingerprint density at radius 1 is 1.17 bits per heavy atom. The van der Waals surface area contributed by atoms with Gasteiger partial charge in [-0.05, 0) is 48.1 Å². The smallest absolute Gasteiger partial charge is 0.126 e. The van der Waals surface area contributed by atoms with E-state index >= 15 is 0 Å². The summed E-state index contributed by atoms with van der Waals surface area (Å²) in [7, 11) is 0. The summed E-state index contributed by atoms with van der Waals surface area (Å²) in [6.07, 6.45) is 7.70. The monoisotopic (exact) mass is 244 g/mol. The predicted octanol–water partition coefficient (Wildman–Crippen LogP) is 3.98. The number of rotatable bonds is 2. The van der Waals surface area contributed by atoms with E-state index in [0.29, 0.717) is 6.04 Å². The van der Waals surface area contributed by atoms with Gasteiger partial charge in [0.15, 0.2) is 0 Å². The van der Waals surface area contributed by atoms with Crippen molar-refractivity contribution in [3.8, 4) is 0 Å². The zero-order valence-corrected chi connectivity index (χ0v) is 11.7. The lowest BCUT2D eigenvalue weighted by Gasteiger charge is -2.24. The highest BCUT2D eigenvalue weighted by atomic mass is 15.0. The molecule has 0 saturated heterocycles. The molecule has 98 valence electrons. The van der Waals surface area contributed by atoms with Crippen LogP contribution < -0.4 is 5.32 Å². The molecule has 1 aromatic heterocycles. The lowest BCUT2D eigenvalue weighted by Crippen LogP contribution is -2.26. The lowest BCUT2D eigenvalue weighted by molar-refractivity contribution is 0.439. The van der Waals surface area contributed by atoms with Gasteiger partial charge < -0.3 is 5.32 Å². The van der Waals surface area contributed by atoms with Crippen LogP contribution in [0.2, 0.25) is 0 Å². The molecule has 3 unspecified atom stereocenters. The molecular formula is C16H24N2. The Morgan fingerprint density at radius 2 is 2.00 bits per heavy atom. The molecule has 0 spiro atoms. The minimum Gasteiger partial charge on any atom is -0.367 e. The molecule has 2 nitrogen and oxygen atoms in total. The van der Waals surface area contributed by atoms with E-state index in [-0.39, 0.29) is 5.41 Å². The molecular weight excluding hydrogens is 220 g/mol. The van der Waals surface area contributed by atoms with Crippen LogP contribution in [0.5, 0.6) is 0 Å². The summed E-state index contributed by atoms with van der Waals surface area (Å²) >= 11 is 0. The summed E-state index contributed by atoms with van der Waals surface area (Å²) in [6, 6.07) is 5.03. The first-order valence-electron chi connectivity index (χ1n) is 7.25. The number of anilines is 1. The number of fused-ring (bicyclic) bond motifs is 2. The van der Waals surface area contributed by atoms with Crippen molar-refractivity contribution in [1.82, 2.24) is 4.98 Å². The Hall–Kier alpha value is -1.05. The summed E-state index contributed by atoms with van der Waals surface area (Å²) in [4.78, 5) is 4.58. The molecule has 0 radical (unpaired) electrons. The largest absolute Gasteiger partial charge is 0.367 e. The van der Waals surface area contributed by atoms with E-state index in [1.807, 2.05) is 6.20 Å². The van der Waals surface area contributed by atoms with E-state index in [4.69, 9.17) is 0 Å². The van der Waals surface area contributed by atoms with Crippen molar-refractivity contribution in [2.75, 3.05) is 5.32 Å². The molecule has 0 aromatic carbocycles. The molecule has 1 heterocycles. The minimum absolute atomic E-state index is 0.192. The highest BCUT2D eigenvalue weighted by molar-refractivity contribution is 5.38. The fourth-order valence-corrected chi connectivity index (χ4v) is 3.53. The van der Waals surface area contributed by atoms with Gasteiger partial charge in [-0.2, -0.15) is 0 Å². The van der Waals surface area contributed by atoms with E-state index in [0.717, 1.165) is 17.7 Å². The second kappa shape index (κ2) is 4.25. The summed E-state index contributed by atoms with van der Waals surface area (Å²) in [5, 5.41) is 3.64. The van der Waals surface area contributed by atoms with Crippen LogP contribution in [0.3, 0.4) is 0 Å². The van der Waals surface area contributed by atoms with Crippen LogP contribution in [0.15, 0.2) is 18.3 Å². The van der Waals surface area contributed by atoms with E-state index < -0.39 is 0 Å². The van der Waals surface area contributed by atoms with Crippen molar-refractivity contribution in [2.45, 2.75) is 57.9 Å². The first kappa shape index (κ1) is 12.0. The van der Waals surface area contributed by atoms with Crippen LogP contribution in [-0.2, 0) is 5.41 Å². The maximum Gasteiger partial charge on any atom is 0.126 e. The van der Waals surface area contributed by atoms with Crippen LogP contribution in [-0.4, -0.2) is 11.0 Å². The van der Waals surface area contributed by atoms with Gasteiger partial charge in [0, 0.05) is 12.2 Å². The molecule has 1 N–H and O–H groups in total. The van der Waals surface area contributed by atoms with Crippen molar-refractivity contribution in [1.29, 1.82) is 0 Å². The van der Waals surface area contributed by atoms with Crippen molar-refractivity contribution in [3.05, 3.63) is 23.9 Å². The van der Waals surface area contributed by atoms with Crippen LogP contribution >= 0.6 is 0 Å². The normalized spacial score (nSPS) is 30.7. The Labute approximate surface area is 110 Å². The molecule has 3 rings (SSSR count). The Bertz CT molecular complexity index is 416. The number of nitrogens with one attached hydrogen (secondary N) is 1. The van der Waals surface area contributed by atoms with E-state index in [1.165, 1.54) is 31.2 Å². The SMILES string of the molecule is CC(C)(C)c1ccc(NC2CC3CCC2C3)nc1. The van der Waals surface area contributed by atoms with Crippen molar-refractivity contribution < 1.29 is 0 Å². The van der Waals surface area contributed by atoms with Crippen molar-refractivity contribution in [3.63, 3.8) is 0 Å². The summed E-state index contributed by atoms with van der Waals surface area (Å²) in [5.74, 6) is 2.95. The zero-order chi connectivity index (χ0) is 12.8. The standard InChI is InChI=1S/C16H24N2/c1-16(2,3)13-6-7-15(17-10-13)18-14-9-11-4-5-12(14)8-11/h6-7,10-12,14H,4-5,8-9H2,1-3H3,(H,17,18). The van der Waals surface area contributed by atoms with Gasteiger partial charge in [-0.25, -0.2) is 4.98 Å². The summed E-state index contributed by atoms with van der Waals surface area (Å²) < 4.78 is 0. The summed E-state index contributed by atoms with van der Waals surface area (Å²) in [6.45, 7) is 6.69. The molecule has 2 saturated carbocycles. The Morgan fingerprint density at radius 3 is 2.50 bits per heavy atom. The highest BCUT2D eigenvalue weighted by Crippen LogP contribution is 2.45. The van der Waals surface area contributed by atoms with E-state index in [9.17, 15) is 0 Å². The fourth-order valence-electron chi connectivity index (χ4n) is 3.53. The van der Waals surface area contributed by atoms with Gasteiger partial charge >= 0.3 is 0 Å². The van der Waals surface area contributed by atoms with Gasteiger partial charge in [0.1, 0.15) is 5.82 Å². The third-order valence-electron chi connectivity index (χ3n) is 4.70. The molecule has 2 heteroatoms. The molecule has 18 heavy (non-hydrogen) atoms. The molecule has 2 aliphatic carbocycles. The van der Waals surface area contributed by atoms with Gasteiger partial charge in [-0.1, -0.05) is 33.3 Å². The molecule has 2 bridgehead atoms. The van der Waals surface area contributed by atoms with E-state index in [1.54, 1.807) is 0 Å². The molecule has 0 aliphatic heterocycles. The lowest BCUT2D eigenvalue weighted by atomic mass is 9.88. The molecule has 2 fully saturated rings. The van der Waals surface area contributed by atoms with Crippen LogP contribution in [0.25, 0.3) is 0 Å². The van der Waals surface area contributed by atoms with Gasteiger partial charge in [0.2, 0.25) is 0 Å². The molecule has 1 aromatic rings. The van der Waals surface area contributed by atoms with Gasteiger partial charge in [-0.15, -0.1) is 0 Å². The van der Waals surface area contributed by atoms with Crippen molar-refractivity contribution >= 4 is 5.82 Å². The maximum absolute atomic E-state index is 4.58. The van der Waals surface area contributed by atoms with E-state index in [2.05, 4.69) is 43.2 Å². The van der Waals surface area contributed by atoms with Gasteiger partial charge in [0.25, 0.3) is 0 Å². The average Bonchev–Trinajstić information content (AvgIpc) is 2.90. The Kier molecular flexibility index (Phi) is 2.84. The van der Waals surface area contributed by atoms with Crippen LogP contribution in [0.1, 0.15) is 52.0 Å². The second-order valence-electron chi connectivity index (χ2n) is 7.11. The third-order valence-corrected chi connectivity index (χ3v) is 4.70. The molecule has 3 atom stereocenters.